The fourth-order valence-corrected chi connectivity index (χ4v) is 5.82. The normalized spacial score (nSPS) is 21.0. The molecule has 2 fully saturated rings. The lowest BCUT2D eigenvalue weighted by molar-refractivity contribution is -0.143. The summed E-state index contributed by atoms with van der Waals surface area (Å²) in [4.78, 5) is 43.9. The lowest BCUT2D eigenvalue weighted by Crippen LogP contribution is -2.52. The van der Waals surface area contributed by atoms with Gasteiger partial charge in [-0.05, 0) is 77.7 Å². The van der Waals surface area contributed by atoms with E-state index in [1.807, 2.05) is 56.0 Å². The summed E-state index contributed by atoms with van der Waals surface area (Å²) in [6, 6.07) is 9.32. The van der Waals surface area contributed by atoms with Crippen molar-refractivity contribution in [1.29, 1.82) is 0 Å². The van der Waals surface area contributed by atoms with Crippen LogP contribution >= 0.6 is 0 Å². The van der Waals surface area contributed by atoms with Crippen LogP contribution in [0.5, 0.6) is 0 Å². The molecule has 1 aliphatic heterocycles. The molecule has 1 saturated carbocycles. The van der Waals surface area contributed by atoms with E-state index in [-0.39, 0.29) is 36.5 Å². The van der Waals surface area contributed by atoms with Gasteiger partial charge in [0, 0.05) is 30.6 Å². The molecule has 1 saturated heterocycles. The summed E-state index contributed by atoms with van der Waals surface area (Å²) in [7, 11) is 0. The van der Waals surface area contributed by atoms with Crippen LogP contribution in [0.15, 0.2) is 36.5 Å². The standard InChI is InChI=1S/C31H44N4O5/c1-6-39-29(37)26(22-10-8-7-9-11-22)25-20-32-33-27(25)35(28(36)23-14-12-21(2)13-15-23)24-16-18-34(19-17-24)30(38)40-31(3,4)5/h7-11,20-21,23-24,26H,6,12-19H2,1-5H3,(H,32,33). The Labute approximate surface area is 237 Å². The fourth-order valence-electron chi connectivity index (χ4n) is 5.82. The minimum absolute atomic E-state index is 0.0591. The van der Waals surface area contributed by atoms with E-state index in [1.54, 1.807) is 18.0 Å². The van der Waals surface area contributed by atoms with Gasteiger partial charge in [0.25, 0.3) is 0 Å². The van der Waals surface area contributed by atoms with E-state index in [1.165, 1.54) is 0 Å². The number of carbonyl (C=O) groups excluding carboxylic acids is 3. The highest BCUT2D eigenvalue weighted by atomic mass is 16.6. The molecule has 218 valence electrons. The van der Waals surface area contributed by atoms with Crippen LogP contribution < -0.4 is 4.90 Å². The molecule has 0 spiro atoms. The maximum atomic E-state index is 14.3. The van der Waals surface area contributed by atoms with Gasteiger partial charge < -0.3 is 14.4 Å². The summed E-state index contributed by atoms with van der Waals surface area (Å²) in [5.74, 6) is 0.0241. The third-order valence-corrected chi connectivity index (χ3v) is 7.94. The highest BCUT2D eigenvalue weighted by Crippen LogP contribution is 2.38. The van der Waals surface area contributed by atoms with Crippen molar-refractivity contribution in [3.63, 3.8) is 0 Å². The monoisotopic (exact) mass is 552 g/mol. The van der Waals surface area contributed by atoms with Gasteiger partial charge in [-0.1, -0.05) is 37.3 Å². The minimum atomic E-state index is -0.724. The molecule has 1 aliphatic carbocycles. The minimum Gasteiger partial charge on any atom is -0.465 e. The van der Waals surface area contributed by atoms with Gasteiger partial charge in [-0.25, -0.2) is 4.79 Å². The number of carbonyl (C=O) groups is 3. The van der Waals surface area contributed by atoms with Crippen molar-refractivity contribution < 1.29 is 23.9 Å². The summed E-state index contributed by atoms with van der Waals surface area (Å²) in [6.07, 6.45) is 6.23. The van der Waals surface area contributed by atoms with Crippen LogP contribution in [0.25, 0.3) is 0 Å². The van der Waals surface area contributed by atoms with Crippen molar-refractivity contribution in [2.24, 2.45) is 11.8 Å². The number of H-pyrrole nitrogens is 1. The average Bonchev–Trinajstić information content (AvgIpc) is 3.38. The van der Waals surface area contributed by atoms with E-state index in [9.17, 15) is 14.4 Å². The Morgan fingerprint density at radius 1 is 1.05 bits per heavy atom. The zero-order chi connectivity index (χ0) is 28.9. The largest absolute Gasteiger partial charge is 0.465 e. The maximum absolute atomic E-state index is 14.3. The van der Waals surface area contributed by atoms with Crippen LogP contribution in [0.2, 0.25) is 0 Å². The molecule has 2 amide bonds. The molecule has 0 radical (unpaired) electrons. The number of nitrogens with zero attached hydrogens (tertiary/aromatic N) is 3. The molecule has 2 heterocycles. The Bertz CT molecular complexity index is 1140. The second-order valence-electron chi connectivity index (χ2n) is 12.1. The van der Waals surface area contributed by atoms with Crippen molar-refractivity contribution >= 4 is 23.8 Å². The number of ether oxygens (including phenoxy) is 2. The lowest BCUT2D eigenvalue weighted by Gasteiger charge is -2.40. The highest BCUT2D eigenvalue weighted by Gasteiger charge is 2.39. The number of amides is 2. The SMILES string of the molecule is CCOC(=O)C(c1ccccc1)c1cn[nH]c1N(C(=O)C1CCC(C)CC1)C1CCN(C(=O)OC(C)(C)C)CC1. The summed E-state index contributed by atoms with van der Waals surface area (Å²) >= 11 is 0. The van der Waals surface area contributed by atoms with E-state index in [0.29, 0.717) is 43.2 Å². The summed E-state index contributed by atoms with van der Waals surface area (Å²) < 4.78 is 11.1. The van der Waals surface area contributed by atoms with Gasteiger partial charge >= 0.3 is 12.1 Å². The van der Waals surface area contributed by atoms with E-state index < -0.39 is 11.5 Å². The molecule has 1 aromatic carbocycles. The molecule has 1 atom stereocenters. The highest BCUT2D eigenvalue weighted by molar-refractivity contribution is 5.97. The number of hydrogen-bond donors (Lipinski definition) is 1. The molecule has 40 heavy (non-hydrogen) atoms. The van der Waals surface area contributed by atoms with E-state index in [4.69, 9.17) is 9.47 Å². The molecule has 0 bridgehead atoms. The van der Waals surface area contributed by atoms with Gasteiger partial charge in [-0.15, -0.1) is 0 Å². The third kappa shape index (κ3) is 7.04. The molecule has 1 unspecified atom stereocenters. The van der Waals surface area contributed by atoms with Crippen molar-refractivity contribution in [3.8, 4) is 0 Å². The molecular formula is C31H44N4O5. The van der Waals surface area contributed by atoms with E-state index in [2.05, 4.69) is 17.1 Å². The average molecular weight is 553 g/mol. The van der Waals surface area contributed by atoms with E-state index in [0.717, 1.165) is 31.2 Å². The second-order valence-corrected chi connectivity index (χ2v) is 12.1. The number of aromatic nitrogens is 2. The first-order chi connectivity index (χ1) is 19.1. The molecule has 2 aliphatic rings. The molecule has 2 aromatic rings. The van der Waals surface area contributed by atoms with Crippen molar-refractivity contribution in [2.45, 2.75) is 90.7 Å². The molecule has 4 rings (SSSR count). The number of benzene rings is 1. The second kappa shape index (κ2) is 12.9. The first-order valence-corrected chi connectivity index (χ1v) is 14.6. The number of esters is 1. The van der Waals surface area contributed by atoms with Gasteiger partial charge in [0.2, 0.25) is 5.91 Å². The maximum Gasteiger partial charge on any atom is 0.410 e. The van der Waals surface area contributed by atoms with Crippen molar-refractivity contribution in [2.75, 3.05) is 24.6 Å². The fraction of sp³-hybridized carbons (Fsp3) is 0.613. The van der Waals surface area contributed by atoms with Gasteiger partial charge in [0.05, 0.1) is 12.8 Å². The van der Waals surface area contributed by atoms with Crippen LogP contribution in [0, 0.1) is 11.8 Å². The molecule has 9 nitrogen and oxygen atoms in total. The Morgan fingerprint density at radius 3 is 2.30 bits per heavy atom. The van der Waals surface area contributed by atoms with Crippen LogP contribution in [0.3, 0.4) is 0 Å². The number of rotatable bonds is 7. The molecule has 1 N–H and O–H groups in total. The van der Waals surface area contributed by atoms with Crippen LogP contribution in [0.4, 0.5) is 10.6 Å². The number of piperidine rings is 1. The number of likely N-dealkylation sites (tertiary alicyclic amines) is 1. The zero-order valence-corrected chi connectivity index (χ0v) is 24.5. The Hall–Kier alpha value is -3.36. The summed E-state index contributed by atoms with van der Waals surface area (Å²) in [5.41, 5.74) is 0.831. The smallest absolute Gasteiger partial charge is 0.410 e. The van der Waals surface area contributed by atoms with Crippen molar-refractivity contribution in [1.82, 2.24) is 15.1 Å². The number of anilines is 1. The third-order valence-electron chi connectivity index (χ3n) is 7.94. The molecular weight excluding hydrogens is 508 g/mol. The number of hydrogen-bond acceptors (Lipinski definition) is 6. The van der Waals surface area contributed by atoms with Crippen LogP contribution in [-0.2, 0) is 19.1 Å². The zero-order valence-electron chi connectivity index (χ0n) is 24.5. The predicted octanol–water partition coefficient (Wildman–Crippen LogP) is 5.66. The Kier molecular flexibility index (Phi) is 9.53. The quantitative estimate of drug-likeness (QED) is 0.444. The Morgan fingerprint density at radius 2 is 1.70 bits per heavy atom. The van der Waals surface area contributed by atoms with Gasteiger partial charge in [0.15, 0.2) is 0 Å². The van der Waals surface area contributed by atoms with Crippen LogP contribution in [-0.4, -0.2) is 64.4 Å². The molecule has 1 aromatic heterocycles. The number of aromatic amines is 1. The van der Waals surface area contributed by atoms with Gasteiger partial charge in [0.1, 0.15) is 17.3 Å². The molecule has 9 heteroatoms. The van der Waals surface area contributed by atoms with E-state index >= 15 is 0 Å². The first kappa shape index (κ1) is 29.6. The predicted molar refractivity (Wildman–Crippen MR) is 153 cm³/mol. The summed E-state index contributed by atoms with van der Waals surface area (Å²) in [5, 5.41) is 7.42. The van der Waals surface area contributed by atoms with Crippen LogP contribution in [0.1, 0.15) is 90.2 Å². The number of nitrogens with one attached hydrogen (secondary N) is 1. The Balaban J connectivity index is 1.66. The lowest BCUT2D eigenvalue weighted by atomic mass is 9.81. The van der Waals surface area contributed by atoms with Crippen molar-refractivity contribution in [3.05, 3.63) is 47.7 Å². The topological polar surface area (TPSA) is 105 Å². The first-order valence-electron chi connectivity index (χ1n) is 14.6. The summed E-state index contributed by atoms with van der Waals surface area (Å²) in [6.45, 7) is 10.8. The van der Waals surface area contributed by atoms with Gasteiger partial charge in [-0.2, -0.15) is 5.10 Å². The van der Waals surface area contributed by atoms with Gasteiger partial charge in [-0.3, -0.25) is 19.6 Å².